The van der Waals surface area contributed by atoms with Crippen molar-refractivity contribution in [3.8, 4) is 0 Å². The van der Waals surface area contributed by atoms with Crippen LogP contribution in [0.15, 0.2) is 16.9 Å². The molecule has 0 N–H and O–H groups in total. The number of hydrogen-bond acceptors (Lipinski definition) is 2. The molecule has 94 valence electrons. The number of fused-ring (bicyclic) bond motifs is 1. The molecular formula is C11H15F2N3O. The standard InChI is InChI=1S/C9H9F2N3O.C2H6/c1-5(2)14-9(15)13-7(11)3-6(10)4-8(13)12-14;1-2/h3-5H,1-2H3;1-2H3. The van der Waals surface area contributed by atoms with Gasteiger partial charge in [-0.3, -0.25) is 0 Å². The second-order valence-corrected chi connectivity index (χ2v) is 3.51. The van der Waals surface area contributed by atoms with Crippen molar-refractivity contribution in [3.05, 3.63) is 34.4 Å². The molecule has 0 aliphatic heterocycles. The van der Waals surface area contributed by atoms with Crippen molar-refractivity contribution in [2.45, 2.75) is 33.7 Å². The summed E-state index contributed by atoms with van der Waals surface area (Å²) in [5.74, 6) is -1.69. The predicted molar refractivity (Wildman–Crippen MR) is 61.1 cm³/mol. The Bertz CT molecular complexity index is 572. The van der Waals surface area contributed by atoms with Gasteiger partial charge in [-0.05, 0) is 13.8 Å². The van der Waals surface area contributed by atoms with Crippen molar-refractivity contribution >= 4 is 5.65 Å². The lowest BCUT2D eigenvalue weighted by Crippen LogP contribution is -2.23. The van der Waals surface area contributed by atoms with E-state index in [1.165, 1.54) is 0 Å². The molecule has 0 saturated heterocycles. The smallest absolute Gasteiger partial charge is 0.245 e. The van der Waals surface area contributed by atoms with Crippen molar-refractivity contribution in [1.29, 1.82) is 0 Å². The number of halogens is 2. The Morgan fingerprint density at radius 3 is 2.35 bits per heavy atom. The van der Waals surface area contributed by atoms with Crippen LogP contribution in [0, 0.1) is 11.8 Å². The Labute approximate surface area is 97.5 Å². The van der Waals surface area contributed by atoms with Crippen LogP contribution in [-0.2, 0) is 0 Å². The molecule has 0 aromatic carbocycles. The topological polar surface area (TPSA) is 39.3 Å². The van der Waals surface area contributed by atoms with Gasteiger partial charge in [-0.25, -0.2) is 18.3 Å². The van der Waals surface area contributed by atoms with Crippen LogP contribution in [0.5, 0.6) is 0 Å². The van der Waals surface area contributed by atoms with Crippen LogP contribution >= 0.6 is 0 Å². The Hall–Kier alpha value is -1.72. The van der Waals surface area contributed by atoms with Crippen LogP contribution in [0.2, 0.25) is 0 Å². The normalized spacial score (nSPS) is 10.5. The van der Waals surface area contributed by atoms with Crippen LogP contribution in [-0.4, -0.2) is 14.2 Å². The first-order valence-corrected chi connectivity index (χ1v) is 5.47. The predicted octanol–water partition coefficient (Wildman–Crippen LogP) is 2.38. The zero-order valence-corrected chi connectivity index (χ0v) is 10.2. The van der Waals surface area contributed by atoms with Gasteiger partial charge in [0.1, 0.15) is 5.82 Å². The van der Waals surface area contributed by atoms with Gasteiger partial charge in [0.15, 0.2) is 5.65 Å². The van der Waals surface area contributed by atoms with E-state index < -0.39 is 17.5 Å². The fourth-order valence-electron chi connectivity index (χ4n) is 1.37. The Kier molecular flexibility index (Phi) is 3.98. The monoisotopic (exact) mass is 243 g/mol. The molecule has 4 nitrogen and oxygen atoms in total. The summed E-state index contributed by atoms with van der Waals surface area (Å²) < 4.78 is 27.9. The highest BCUT2D eigenvalue weighted by molar-refractivity contribution is 5.36. The lowest BCUT2D eigenvalue weighted by atomic mass is 10.4. The van der Waals surface area contributed by atoms with Gasteiger partial charge < -0.3 is 0 Å². The van der Waals surface area contributed by atoms with E-state index in [1.807, 2.05) is 13.8 Å². The molecule has 2 heterocycles. The number of nitrogens with zero attached hydrogens (tertiary/aromatic N) is 3. The molecule has 0 bridgehead atoms. The molecule has 0 fully saturated rings. The fraction of sp³-hybridized carbons (Fsp3) is 0.455. The van der Waals surface area contributed by atoms with Crippen molar-refractivity contribution in [2.75, 3.05) is 0 Å². The minimum absolute atomic E-state index is 0.0220. The summed E-state index contributed by atoms with van der Waals surface area (Å²) in [6.07, 6.45) is 0. The minimum Gasteiger partial charge on any atom is -0.245 e. The third kappa shape index (κ3) is 2.35. The van der Waals surface area contributed by atoms with E-state index in [1.54, 1.807) is 13.8 Å². The summed E-state index contributed by atoms with van der Waals surface area (Å²) in [7, 11) is 0. The van der Waals surface area contributed by atoms with E-state index in [-0.39, 0.29) is 11.7 Å². The average molecular weight is 243 g/mol. The largest absolute Gasteiger partial charge is 0.352 e. The van der Waals surface area contributed by atoms with Crippen molar-refractivity contribution in [2.24, 2.45) is 0 Å². The Morgan fingerprint density at radius 2 is 1.82 bits per heavy atom. The molecule has 0 atom stereocenters. The summed E-state index contributed by atoms with van der Waals surface area (Å²) in [5.41, 5.74) is -0.622. The molecule has 6 heteroatoms. The second kappa shape index (κ2) is 5.07. The average Bonchev–Trinajstić information content (AvgIpc) is 2.58. The highest BCUT2D eigenvalue weighted by atomic mass is 19.1. The number of aromatic nitrogens is 3. The molecule has 17 heavy (non-hydrogen) atoms. The van der Waals surface area contributed by atoms with E-state index >= 15 is 0 Å². The fourth-order valence-corrected chi connectivity index (χ4v) is 1.37. The van der Waals surface area contributed by atoms with E-state index in [0.29, 0.717) is 6.07 Å². The van der Waals surface area contributed by atoms with Gasteiger partial charge in [-0.2, -0.15) is 4.39 Å². The molecule has 2 aromatic rings. The van der Waals surface area contributed by atoms with E-state index in [0.717, 1.165) is 15.1 Å². The van der Waals surface area contributed by atoms with Gasteiger partial charge in [-0.1, -0.05) is 13.8 Å². The molecule has 0 aliphatic carbocycles. The van der Waals surface area contributed by atoms with Gasteiger partial charge in [0.25, 0.3) is 0 Å². The molecule has 0 amide bonds. The summed E-state index contributed by atoms with van der Waals surface area (Å²) >= 11 is 0. The van der Waals surface area contributed by atoms with E-state index in [2.05, 4.69) is 5.10 Å². The van der Waals surface area contributed by atoms with Crippen LogP contribution in [0.25, 0.3) is 5.65 Å². The van der Waals surface area contributed by atoms with Crippen LogP contribution in [0.4, 0.5) is 8.78 Å². The first-order chi connectivity index (χ1) is 8.00. The molecule has 0 saturated carbocycles. The molecule has 0 spiro atoms. The van der Waals surface area contributed by atoms with Gasteiger partial charge in [0.05, 0.1) is 6.04 Å². The SMILES string of the molecule is CC.CC(C)n1nc2cc(F)cc(F)n2c1=O. The maximum Gasteiger partial charge on any atom is 0.352 e. The quantitative estimate of drug-likeness (QED) is 0.721. The molecule has 2 aromatic heterocycles. The highest BCUT2D eigenvalue weighted by Gasteiger charge is 2.13. The molecule has 0 unspecified atom stereocenters. The summed E-state index contributed by atoms with van der Waals surface area (Å²) in [5, 5.41) is 3.82. The molecule has 0 aliphatic rings. The zero-order valence-electron chi connectivity index (χ0n) is 10.2. The summed E-state index contributed by atoms with van der Waals surface area (Å²) in [4.78, 5) is 11.6. The van der Waals surface area contributed by atoms with Gasteiger partial charge >= 0.3 is 5.69 Å². The first-order valence-electron chi connectivity index (χ1n) is 5.47. The van der Waals surface area contributed by atoms with Gasteiger partial charge in [0, 0.05) is 12.1 Å². The number of hydrogen-bond donors (Lipinski definition) is 0. The third-order valence-corrected chi connectivity index (χ3v) is 2.05. The maximum atomic E-state index is 13.3. The maximum absolute atomic E-state index is 13.3. The summed E-state index contributed by atoms with van der Waals surface area (Å²) in [6.45, 7) is 7.48. The highest BCUT2D eigenvalue weighted by Crippen LogP contribution is 2.07. The van der Waals surface area contributed by atoms with Crippen LogP contribution in [0.3, 0.4) is 0 Å². The zero-order chi connectivity index (χ0) is 13.2. The van der Waals surface area contributed by atoms with Gasteiger partial charge in [-0.15, -0.1) is 5.10 Å². The van der Waals surface area contributed by atoms with E-state index in [4.69, 9.17) is 0 Å². The molecule has 0 radical (unpaired) electrons. The van der Waals surface area contributed by atoms with Gasteiger partial charge in [0.2, 0.25) is 5.95 Å². The lowest BCUT2D eigenvalue weighted by Gasteiger charge is -1.99. The van der Waals surface area contributed by atoms with Crippen molar-refractivity contribution in [1.82, 2.24) is 14.2 Å². The first kappa shape index (κ1) is 13.3. The minimum atomic E-state index is -0.943. The van der Waals surface area contributed by atoms with E-state index in [9.17, 15) is 13.6 Å². The molecular weight excluding hydrogens is 228 g/mol. The van der Waals surface area contributed by atoms with Crippen LogP contribution < -0.4 is 5.69 Å². The molecule has 2 rings (SSSR count). The lowest BCUT2D eigenvalue weighted by molar-refractivity contribution is 0.498. The second-order valence-electron chi connectivity index (χ2n) is 3.51. The van der Waals surface area contributed by atoms with Crippen LogP contribution in [0.1, 0.15) is 33.7 Å². The summed E-state index contributed by atoms with van der Waals surface area (Å²) in [6, 6.07) is 1.48. The Morgan fingerprint density at radius 1 is 1.24 bits per heavy atom. The third-order valence-electron chi connectivity index (χ3n) is 2.05. The van der Waals surface area contributed by atoms with Crippen molar-refractivity contribution < 1.29 is 8.78 Å². The van der Waals surface area contributed by atoms with Crippen molar-refractivity contribution in [3.63, 3.8) is 0 Å². The number of rotatable bonds is 1. The Balaban J connectivity index is 0.000000686. The number of pyridine rings is 1.